The van der Waals surface area contributed by atoms with Gasteiger partial charge in [0.2, 0.25) is 0 Å². The van der Waals surface area contributed by atoms with E-state index in [0.717, 1.165) is 18.7 Å². The van der Waals surface area contributed by atoms with Crippen molar-refractivity contribution in [3.05, 3.63) is 51.7 Å². The maximum Gasteiger partial charge on any atom is 0.124 e. The lowest BCUT2D eigenvalue weighted by Crippen LogP contribution is -2.24. The predicted molar refractivity (Wildman–Crippen MR) is 91.4 cm³/mol. The highest BCUT2D eigenvalue weighted by Crippen LogP contribution is 2.34. The number of aryl methyl sites for hydroxylation is 1. The van der Waals surface area contributed by atoms with Gasteiger partial charge in [-0.1, -0.05) is 25.1 Å². The van der Waals surface area contributed by atoms with Crippen LogP contribution in [0.3, 0.4) is 0 Å². The molecular formula is C18H25NOS. The molecule has 0 saturated carbocycles. The molecule has 2 aromatic rings. The van der Waals surface area contributed by atoms with Crippen molar-refractivity contribution in [1.82, 2.24) is 5.32 Å². The first-order valence-electron chi connectivity index (χ1n) is 7.66. The molecule has 0 bridgehead atoms. The number of hydrogen-bond donors (Lipinski definition) is 1. The van der Waals surface area contributed by atoms with Gasteiger partial charge in [-0.3, -0.25) is 0 Å². The molecule has 0 radical (unpaired) electrons. The zero-order chi connectivity index (χ0) is 15.2. The van der Waals surface area contributed by atoms with Crippen molar-refractivity contribution in [2.45, 2.75) is 46.3 Å². The summed E-state index contributed by atoms with van der Waals surface area (Å²) < 4.78 is 6.01. The second-order valence-electron chi connectivity index (χ2n) is 5.56. The van der Waals surface area contributed by atoms with Gasteiger partial charge >= 0.3 is 0 Å². The third kappa shape index (κ3) is 4.08. The smallest absolute Gasteiger partial charge is 0.124 e. The second-order valence-corrected chi connectivity index (χ2v) is 6.51. The third-order valence-corrected chi connectivity index (χ3v) is 4.44. The minimum absolute atomic E-state index is 0.183. The molecule has 0 aliphatic heterocycles. The fourth-order valence-corrected chi connectivity index (χ4v) is 3.41. The number of thiophene rings is 1. The summed E-state index contributed by atoms with van der Waals surface area (Å²) >= 11 is 1.81. The Morgan fingerprint density at radius 3 is 2.57 bits per heavy atom. The minimum Gasteiger partial charge on any atom is -0.491 e. The molecule has 0 aliphatic rings. The summed E-state index contributed by atoms with van der Waals surface area (Å²) in [5, 5.41) is 5.84. The highest BCUT2D eigenvalue weighted by Gasteiger charge is 2.20. The average Bonchev–Trinajstić information content (AvgIpc) is 2.87. The number of benzene rings is 1. The Bertz CT molecular complexity index is 562. The molecule has 1 N–H and O–H groups in total. The Hall–Kier alpha value is -1.32. The van der Waals surface area contributed by atoms with Crippen LogP contribution in [0.25, 0.3) is 0 Å². The van der Waals surface area contributed by atoms with Gasteiger partial charge in [0, 0.05) is 10.4 Å². The van der Waals surface area contributed by atoms with Crippen molar-refractivity contribution >= 4 is 11.3 Å². The highest BCUT2D eigenvalue weighted by atomic mass is 32.1. The van der Waals surface area contributed by atoms with Crippen molar-refractivity contribution < 1.29 is 4.74 Å². The zero-order valence-corrected chi connectivity index (χ0v) is 14.2. The van der Waals surface area contributed by atoms with E-state index in [-0.39, 0.29) is 12.1 Å². The number of para-hydroxylation sites is 1. The number of rotatable bonds is 7. The van der Waals surface area contributed by atoms with Gasteiger partial charge in [0.05, 0.1) is 12.1 Å². The van der Waals surface area contributed by atoms with Crippen LogP contribution in [-0.2, 0) is 0 Å². The molecule has 0 amide bonds. The quantitative estimate of drug-likeness (QED) is 0.783. The van der Waals surface area contributed by atoms with Crippen molar-refractivity contribution in [3.8, 4) is 5.75 Å². The first-order valence-corrected chi connectivity index (χ1v) is 8.54. The summed E-state index contributed by atoms with van der Waals surface area (Å²) in [6.07, 6.45) is 1.30. The Labute approximate surface area is 132 Å². The number of ether oxygens (including phenoxy) is 1. The molecule has 3 heteroatoms. The fourth-order valence-electron chi connectivity index (χ4n) is 2.39. The van der Waals surface area contributed by atoms with Crippen molar-refractivity contribution in [3.63, 3.8) is 0 Å². The zero-order valence-electron chi connectivity index (χ0n) is 13.3. The average molecular weight is 303 g/mol. The van der Waals surface area contributed by atoms with Crippen LogP contribution in [0.1, 0.15) is 49.2 Å². The fraction of sp³-hybridized carbons (Fsp3) is 0.444. The molecule has 1 aromatic carbocycles. The van der Waals surface area contributed by atoms with E-state index < -0.39 is 0 Å². The number of nitrogens with one attached hydrogen (secondary N) is 1. The standard InChI is InChI=1S/C18H25NOS/c1-5-11-19-17(18-14(4)10-12-21-18)15-8-6-7-9-16(15)20-13(2)3/h6-10,12-13,17,19H,5,11H2,1-4H3. The van der Waals surface area contributed by atoms with E-state index in [4.69, 9.17) is 4.74 Å². The first-order chi connectivity index (χ1) is 10.1. The maximum absolute atomic E-state index is 6.01. The normalized spacial score (nSPS) is 12.6. The Morgan fingerprint density at radius 1 is 1.19 bits per heavy atom. The highest BCUT2D eigenvalue weighted by molar-refractivity contribution is 7.10. The molecule has 1 atom stereocenters. The SMILES string of the molecule is CCCNC(c1ccccc1OC(C)C)c1sccc1C. The van der Waals surface area contributed by atoms with E-state index in [1.54, 1.807) is 0 Å². The van der Waals surface area contributed by atoms with Gasteiger partial charge in [-0.05, 0) is 56.8 Å². The van der Waals surface area contributed by atoms with Crippen LogP contribution < -0.4 is 10.1 Å². The van der Waals surface area contributed by atoms with Crippen LogP contribution in [0.2, 0.25) is 0 Å². The minimum atomic E-state index is 0.183. The van der Waals surface area contributed by atoms with Gasteiger partial charge in [-0.2, -0.15) is 0 Å². The largest absolute Gasteiger partial charge is 0.491 e. The summed E-state index contributed by atoms with van der Waals surface area (Å²) in [7, 11) is 0. The maximum atomic E-state index is 6.01. The monoisotopic (exact) mass is 303 g/mol. The molecule has 1 aromatic heterocycles. The Kier molecular flexibility index (Phi) is 5.83. The van der Waals surface area contributed by atoms with E-state index >= 15 is 0 Å². The molecule has 114 valence electrons. The number of hydrogen-bond acceptors (Lipinski definition) is 3. The van der Waals surface area contributed by atoms with E-state index in [1.165, 1.54) is 16.0 Å². The van der Waals surface area contributed by atoms with E-state index in [1.807, 2.05) is 17.4 Å². The molecule has 0 fully saturated rings. The molecule has 0 aliphatic carbocycles. The van der Waals surface area contributed by atoms with Crippen LogP contribution in [0.5, 0.6) is 5.75 Å². The summed E-state index contributed by atoms with van der Waals surface area (Å²) in [4.78, 5) is 1.38. The summed E-state index contributed by atoms with van der Waals surface area (Å²) in [6, 6.07) is 10.8. The molecule has 1 unspecified atom stereocenters. The van der Waals surface area contributed by atoms with Crippen LogP contribution >= 0.6 is 11.3 Å². The molecule has 2 rings (SSSR count). The van der Waals surface area contributed by atoms with Gasteiger partial charge in [0.1, 0.15) is 5.75 Å². The van der Waals surface area contributed by atoms with Gasteiger partial charge < -0.3 is 10.1 Å². The van der Waals surface area contributed by atoms with E-state index in [0.29, 0.717) is 0 Å². The van der Waals surface area contributed by atoms with Crippen LogP contribution in [0.4, 0.5) is 0 Å². The van der Waals surface area contributed by atoms with E-state index in [2.05, 4.69) is 62.7 Å². The van der Waals surface area contributed by atoms with Crippen LogP contribution in [0.15, 0.2) is 35.7 Å². The second kappa shape index (κ2) is 7.62. The summed E-state index contributed by atoms with van der Waals surface area (Å²) in [5.41, 5.74) is 2.57. The molecule has 1 heterocycles. The lowest BCUT2D eigenvalue weighted by Gasteiger charge is -2.23. The van der Waals surface area contributed by atoms with Crippen molar-refractivity contribution in [2.75, 3.05) is 6.54 Å². The van der Waals surface area contributed by atoms with Crippen LogP contribution in [0, 0.1) is 6.92 Å². The van der Waals surface area contributed by atoms with Crippen molar-refractivity contribution in [1.29, 1.82) is 0 Å². The molecular weight excluding hydrogens is 278 g/mol. The molecule has 0 saturated heterocycles. The van der Waals surface area contributed by atoms with Gasteiger partial charge in [-0.15, -0.1) is 11.3 Å². The van der Waals surface area contributed by atoms with Gasteiger partial charge in [-0.25, -0.2) is 0 Å². The van der Waals surface area contributed by atoms with Gasteiger partial charge in [0.25, 0.3) is 0 Å². The summed E-state index contributed by atoms with van der Waals surface area (Å²) in [6.45, 7) is 9.52. The molecule has 2 nitrogen and oxygen atoms in total. The third-order valence-electron chi connectivity index (χ3n) is 3.36. The Balaban J connectivity index is 2.39. The van der Waals surface area contributed by atoms with Gasteiger partial charge in [0.15, 0.2) is 0 Å². The molecule has 21 heavy (non-hydrogen) atoms. The lowest BCUT2D eigenvalue weighted by molar-refractivity contribution is 0.238. The molecule has 0 spiro atoms. The topological polar surface area (TPSA) is 21.3 Å². The van der Waals surface area contributed by atoms with Crippen molar-refractivity contribution in [2.24, 2.45) is 0 Å². The Morgan fingerprint density at radius 2 is 1.95 bits per heavy atom. The summed E-state index contributed by atoms with van der Waals surface area (Å²) in [5.74, 6) is 0.980. The van der Waals surface area contributed by atoms with Crippen LogP contribution in [-0.4, -0.2) is 12.6 Å². The first kappa shape index (κ1) is 16.1. The predicted octanol–water partition coefficient (Wildman–Crippen LogP) is 4.93. The van der Waals surface area contributed by atoms with E-state index in [9.17, 15) is 0 Å². The lowest BCUT2D eigenvalue weighted by atomic mass is 10.0.